The molecule has 2 aliphatic rings. The third-order valence-electron chi connectivity index (χ3n) is 4.40. The molecule has 1 amide bonds. The van der Waals surface area contributed by atoms with Crippen LogP contribution in [0, 0.1) is 11.8 Å². The molecule has 0 aliphatic carbocycles. The summed E-state index contributed by atoms with van der Waals surface area (Å²) in [7, 11) is 0. The monoisotopic (exact) mass is 274 g/mol. The standard InChI is InChI=1S/C15H22N4O/c1-11(12-8-16-9-12)15(20)18-14-5-4-13(10-17-14)19-6-2-3-7-19/h4-5,10-12,16H,2-3,6-9H2,1H3,(H,17,18,20). The minimum absolute atomic E-state index is 0.0382. The minimum atomic E-state index is 0.0382. The predicted molar refractivity (Wildman–Crippen MR) is 79.8 cm³/mol. The van der Waals surface area contributed by atoms with Gasteiger partial charge >= 0.3 is 0 Å². The smallest absolute Gasteiger partial charge is 0.228 e. The lowest BCUT2D eigenvalue weighted by atomic mass is 9.88. The van der Waals surface area contributed by atoms with Crippen molar-refractivity contribution in [1.82, 2.24) is 10.3 Å². The first-order valence-electron chi connectivity index (χ1n) is 7.46. The molecule has 3 rings (SSSR count). The van der Waals surface area contributed by atoms with E-state index in [4.69, 9.17) is 0 Å². The largest absolute Gasteiger partial charge is 0.370 e. The van der Waals surface area contributed by atoms with Crippen molar-refractivity contribution in [2.45, 2.75) is 19.8 Å². The van der Waals surface area contributed by atoms with Crippen molar-refractivity contribution in [3.8, 4) is 0 Å². The molecule has 2 fully saturated rings. The summed E-state index contributed by atoms with van der Waals surface area (Å²) >= 11 is 0. The number of hydrogen-bond donors (Lipinski definition) is 2. The van der Waals surface area contributed by atoms with Crippen molar-refractivity contribution in [3.63, 3.8) is 0 Å². The molecular formula is C15H22N4O. The molecule has 108 valence electrons. The van der Waals surface area contributed by atoms with Gasteiger partial charge in [-0.1, -0.05) is 6.92 Å². The van der Waals surface area contributed by atoms with Crippen LogP contribution in [0.4, 0.5) is 11.5 Å². The van der Waals surface area contributed by atoms with Crippen molar-refractivity contribution in [2.75, 3.05) is 36.4 Å². The van der Waals surface area contributed by atoms with Crippen molar-refractivity contribution in [3.05, 3.63) is 18.3 Å². The summed E-state index contributed by atoms with van der Waals surface area (Å²) in [5, 5.41) is 6.11. The number of carbonyl (C=O) groups excluding carboxylic acids is 1. The van der Waals surface area contributed by atoms with Gasteiger partial charge in [-0.2, -0.15) is 0 Å². The van der Waals surface area contributed by atoms with E-state index in [1.54, 1.807) is 0 Å². The van der Waals surface area contributed by atoms with Gasteiger partial charge in [0, 0.05) is 19.0 Å². The van der Waals surface area contributed by atoms with E-state index in [1.165, 1.54) is 12.8 Å². The molecular weight excluding hydrogens is 252 g/mol. The van der Waals surface area contributed by atoms with Crippen LogP contribution in [-0.2, 0) is 4.79 Å². The van der Waals surface area contributed by atoms with Crippen molar-refractivity contribution < 1.29 is 4.79 Å². The summed E-state index contributed by atoms with van der Waals surface area (Å²) in [6, 6.07) is 3.95. The summed E-state index contributed by atoms with van der Waals surface area (Å²) in [5.74, 6) is 1.21. The van der Waals surface area contributed by atoms with Gasteiger partial charge < -0.3 is 15.5 Å². The number of amides is 1. The average Bonchev–Trinajstić information content (AvgIpc) is 2.91. The molecule has 5 heteroatoms. The molecule has 1 aromatic rings. The molecule has 1 aromatic heterocycles. The van der Waals surface area contributed by atoms with Crippen LogP contribution in [0.15, 0.2) is 18.3 Å². The van der Waals surface area contributed by atoms with Gasteiger partial charge in [-0.05, 0) is 44.0 Å². The highest BCUT2D eigenvalue weighted by atomic mass is 16.1. The molecule has 0 bridgehead atoms. The fraction of sp³-hybridized carbons (Fsp3) is 0.600. The molecule has 0 aromatic carbocycles. The molecule has 2 N–H and O–H groups in total. The summed E-state index contributed by atoms with van der Waals surface area (Å²) < 4.78 is 0. The summed E-state index contributed by atoms with van der Waals surface area (Å²) in [6.45, 7) is 6.09. The van der Waals surface area contributed by atoms with Gasteiger partial charge in [0.05, 0.1) is 11.9 Å². The lowest BCUT2D eigenvalue weighted by Crippen LogP contribution is -2.48. The second-order valence-corrected chi connectivity index (χ2v) is 5.79. The number of pyridine rings is 1. The number of aromatic nitrogens is 1. The Morgan fingerprint density at radius 1 is 1.40 bits per heavy atom. The lowest BCUT2D eigenvalue weighted by Gasteiger charge is -2.31. The second-order valence-electron chi connectivity index (χ2n) is 5.79. The second kappa shape index (κ2) is 5.79. The van der Waals surface area contributed by atoms with Crippen LogP contribution < -0.4 is 15.5 Å². The maximum absolute atomic E-state index is 12.1. The Morgan fingerprint density at radius 2 is 2.15 bits per heavy atom. The number of nitrogens with one attached hydrogen (secondary N) is 2. The fourth-order valence-corrected chi connectivity index (χ4v) is 2.74. The van der Waals surface area contributed by atoms with E-state index in [0.29, 0.717) is 11.7 Å². The van der Waals surface area contributed by atoms with Crippen LogP contribution in [0.5, 0.6) is 0 Å². The first-order valence-corrected chi connectivity index (χ1v) is 7.46. The molecule has 20 heavy (non-hydrogen) atoms. The number of rotatable bonds is 4. The van der Waals surface area contributed by atoms with Gasteiger partial charge in [0.2, 0.25) is 5.91 Å². The van der Waals surface area contributed by atoms with Gasteiger partial charge in [0.25, 0.3) is 0 Å². The van der Waals surface area contributed by atoms with Crippen molar-refractivity contribution in [1.29, 1.82) is 0 Å². The van der Waals surface area contributed by atoms with Crippen LogP contribution in [0.2, 0.25) is 0 Å². The van der Waals surface area contributed by atoms with E-state index >= 15 is 0 Å². The Bertz CT molecular complexity index is 463. The first kappa shape index (κ1) is 13.4. The summed E-state index contributed by atoms with van der Waals surface area (Å²) in [6.07, 6.45) is 4.37. The van der Waals surface area contributed by atoms with E-state index in [9.17, 15) is 4.79 Å². The topological polar surface area (TPSA) is 57.3 Å². The molecule has 2 saturated heterocycles. The fourth-order valence-electron chi connectivity index (χ4n) is 2.74. The van der Waals surface area contributed by atoms with E-state index < -0.39 is 0 Å². The Hall–Kier alpha value is -1.62. The third kappa shape index (κ3) is 2.77. The van der Waals surface area contributed by atoms with E-state index in [1.807, 2.05) is 25.3 Å². The van der Waals surface area contributed by atoms with Gasteiger partial charge in [0.15, 0.2) is 0 Å². The van der Waals surface area contributed by atoms with Gasteiger partial charge in [-0.3, -0.25) is 4.79 Å². The zero-order chi connectivity index (χ0) is 13.9. The Labute approximate surface area is 119 Å². The first-order chi connectivity index (χ1) is 9.74. The van der Waals surface area contributed by atoms with Crippen molar-refractivity contribution >= 4 is 17.4 Å². The van der Waals surface area contributed by atoms with Crippen LogP contribution in [0.25, 0.3) is 0 Å². The zero-order valence-electron chi connectivity index (χ0n) is 11.9. The van der Waals surface area contributed by atoms with Crippen molar-refractivity contribution in [2.24, 2.45) is 11.8 Å². The van der Waals surface area contributed by atoms with Crippen LogP contribution >= 0.6 is 0 Å². The normalized spacial score (nSPS) is 20.6. The van der Waals surface area contributed by atoms with Crippen LogP contribution in [-0.4, -0.2) is 37.1 Å². The summed E-state index contributed by atoms with van der Waals surface area (Å²) in [4.78, 5) is 18.8. The number of carbonyl (C=O) groups is 1. The van der Waals surface area contributed by atoms with E-state index in [-0.39, 0.29) is 11.8 Å². The SMILES string of the molecule is CC(C(=O)Nc1ccc(N2CCCC2)cn1)C1CNC1. The Balaban J connectivity index is 1.58. The van der Waals surface area contributed by atoms with E-state index in [2.05, 4.69) is 20.5 Å². The molecule has 2 aliphatic heterocycles. The summed E-state index contributed by atoms with van der Waals surface area (Å²) in [5.41, 5.74) is 1.15. The number of hydrogen-bond acceptors (Lipinski definition) is 4. The molecule has 1 unspecified atom stereocenters. The average molecular weight is 274 g/mol. The quantitative estimate of drug-likeness (QED) is 0.873. The number of anilines is 2. The van der Waals surface area contributed by atoms with E-state index in [0.717, 1.165) is 31.9 Å². The Kier molecular flexibility index (Phi) is 3.87. The number of nitrogens with zero attached hydrogens (tertiary/aromatic N) is 2. The van der Waals surface area contributed by atoms with Gasteiger partial charge in [-0.25, -0.2) is 4.98 Å². The van der Waals surface area contributed by atoms with Crippen LogP contribution in [0.1, 0.15) is 19.8 Å². The predicted octanol–water partition coefficient (Wildman–Crippen LogP) is 1.48. The van der Waals surface area contributed by atoms with Gasteiger partial charge in [-0.15, -0.1) is 0 Å². The zero-order valence-corrected chi connectivity index (χ0v) is 11.9. The highest BCUT2D eigenvalue weighted by Crippen LogP contribution is 2.21. The lowest BCUT2D eigenvalue weighted by molar-refractivity contribution is -0.121. The molecule has 1 atom stereocenters. The molecule has 0 saturated carbocycles. The maximum atomic E-state index is 12.1. The Morgan fingerprint density at radius 3 is 2.70 bits per heavy atom. The minimum Gasteiger partial charge on any atom is -0.370 e. The third-order valence-corrected chi connectivity index (χ3v) is 4.40. The van der Waals surface area contributed by atoms with Gasteiger partial charge in [0.1, 0.15) is 5.82 Å². The molecule has 0 spiro atoms. The van der Waals surface area contributed by atoms with Crippen LogP contribution in [0.3, 0.4) is 0 Å². The molecule has 3 heterocycles. The maximum Gasteiger partial charge on any atom is 0.228 e. The highest BCUT2D eigenvalue weighted by Gasteiger charge is 2.28. The molecule has 5 nitrogen and oxygen atoms in total. The molecule has 0 radical (unpaired) electrons. The highest BCUT2D eigenvalue weighted by molar-refractivity contribution is 5.91.